The van der Waals surface area contributed by atoms with Gasteiger partial charge in [-0.1, -0.05) is 23.7 Å². The first kappa shape index (κ1) is 19.4. The number of rotatable bonds is 2. The van der Waals surface area contributed by atoms with Crippen LogP contribution in [0.25, 0.3) is 0 Å². The summed E-state index contributed by atoms with van der Waals surface area (Å²) in [7, 11) is -3.70. The van der Waals surface area contributed by atoms with Crippen LogP contribution in [0.2, 0.25) is 5.02 Å². The van der Waals surface area contributed by atoms with E-state index in [9.17, 15) is 13.2 Å². The van der Waals surface area contributed by atoms with Crippen LogP contribution in [0.1, 0.15) is 24.0 Å². The molecule has 7 nitrogen and oxygen atoms in total. The fourth-order valence-corrected chi connectivity index (χ4v) is 5.02. The molecule has 1 saturated heterocycles. The number of piperidine rings is 1. The van der Waals surface area contributed by atoms with Crippen LogP contribution < -0.4 is 5.32 Å². The fraction of sp³-hybridized carbons (Fsp3) is 0.250. The number of anilines is 1. The highest BCUT2D eigenvalue weighted by Crippen LogP contribution is 2.30. The topological polar surface area (TPSA) is 103 Å². The quantitative estimate of drug-likeness (QED) is 0.791. The van der Waals surface area contributed by atoms with E-state index in [1.165, 1.54) is 6.07 Å². The van der Waals surface area contributed by atoms with Gasteiger partial charge in [-0.15, -0.1) is 4.40 Å². The molecule has 0 aliphatic carbocycles. The van der Waals surface area contributed by atoms with Crippen LogP contribution in [0.15, 0.2) is 51.8 Å². The third-order valence-corrected chi connectivity index (χ3v) is 6.71. The Hall–Kier alpha value is -2.89. The lowest BCUT2D eigenvalue weighted by atomic mass is 9.96. The van der Waals surface area contributed by atoms with E-state index in [1.807, 2.05) is 11.0 Å². The van der Waals surface area contributed by atoms with Crippen LogP contribution in [-0.2, 0) is 14.8 Å². The SMILES string of the molecule is N#Cc1cc(NC(=O)C2CCCN(C3=NS(=O)(=O)c4ccccc43)C2)ccc1Cl. The van der Waals surface area contributed by atoms with Gasteiger partial charge in [-0.05, 0) is 43.2 Å². The summed E-state index contributed by atoms with van der Waals surface area (Å²) < 4.78 is 28.6. The molecule has 29 heavy (non-hydrogen) atoms. The summed E-state index contributed by atoms with van der Waals surface area (Å²) in [5, 5.41) is 12.2. The van der Waals surface area contributed by atoms with Crippen molar-refractivity contribution >= 4 is 39.1 Å². The van der Waals surface area contributed by atoms with Crippen LogP contribution in [0.4, 0.5) is 5.69 Å². The van der Waals surface area contributed by atoms with Crippen molar-refractivity contribution < 1.29 is 13.2 Å². The van der Waals surface area contributed by atoms with Crippen LogP contribution >= 0.6 is 11.6 Å². The monoisotopic (exact) mass is 428 g/mol. The van der Waals surface area contributed by atoms with Gasteiger partial charge in [0.15, 0.2) is 5.84 Å². The second kappa shape index (κ2) is 7.50. The highest BCUT2D eigenvalue weighted by Gasteiger charge is 2.35. The molecule has 2 aliphatic rings. The van der Waals surface area contributed by atoms with Gasteiger partial charge in [0.1, 0.15) is 11.0 Å². The molecule has 1 N–H and O–H groups in total. The molecule has 0 saturated carbocycles. The van der Waals surface area contributed by atoms with E-state index in [0.717, 1.165) is 6.42 Å². The molecule has 0 radical (unpaired) electrons. The van der Waals surface area contributed by atoms with Crippen molar-refractivity contribution in [2.75, 3.05) is 18.4 Å². The van der Waals surface area contributed by atoms with Crippen molar-refractivity contribution in [3.05, 3.63) is 58.6 Å². The van der Waals surface area contributed by atoms with Crippen LogP contribution in [0.3, 0.4) is 0 Å². The van der Waals surface area contributed by atoms with E-state index in [1.54, 1.807) is 36.4 Å². The molecule has 2 heterocycles. The number of likely N-dealkylation sites (tertiary alicyclic amines) is 1. The third kappa shape index (κ3) is 3.71. The molecule has 0 spiro atoms. The molecule has 4 rings (SSSR count). The number of amidine groups is 1. The average Bonchev–Trinajstić information content (AvgIpc) is 3.01. The normalized spacial score (nSPS) is 19.8. The predicted octanol–water partition coefficient (Wildman–Crippen LogP) is 3.01. The maximum atomic E-state index is 12.8. The maximum absolute atomic E-state index is 12.8. The summed E-state index contributed by atoms with van der Waals surface area (Å²) in [6.45, 7) is 0.999. The Bertz CT molecular complexity index is 1170. The van der Waals surface area contributed by atoms with E-state index in [-0.39, 0.29) is 22.3 Å². The Kier molecular flexibility index (Phi) is 5.03. The first-order chi connectivity index (χ1) is 13.9. The van der Waals surface area contributed by atoms with Crippen molar-refractivity contribution in [2.45, 2.75) is 17.7 Å². The summed E-state index contributed by atoms with van der Waals surface area (Å²) in [6, 6.07) is 13.5. The first-order valence-electron chi connectivity index (χ1n) is 9.09. The average molecular weight is 429 g/mol. The molecule has 2 aromatic carbocycles. The lowest BCUT2D eigenvalue weighted by molar-refractivity contribution is -0.121. The number of fused-ring (bicyclic) bond motifs is 1. The van der Waals surface area contributed by atoms with E-state index in [2.05, 4.69) is 9.71 Å². The minimum Gasteiger partial charge on any atom is -0.355 e. The minimum atomic E-state index is -3.70. The number of sulfonamides is 1. The number of hydrogen-bond donors (Lipinski definition) is 1. The maximum Gasteiger partial charge on any atom is 0.285 e. The van der Waals surface area contributed by atoms with Crippen LogP contribution in [0.5, 0.6) is 0 Å². The van der Waals surface area contributed by atoms with Gasteiger partial charge in [-0.3, -0.25) is 4.79 Å². The molecule has 0 bridgehead atoms. The molecule has 0 aromatic heterocycles. The third-order valence-electron chi connectivity index (χ3n) is 5.06. The molecule has 2 aromatic rings. The van der Waals surface area contributed by atoms with Gasteiger partial charge in [0.25, 0.3) is 10.0 Å². The zero-order chi connectivity index (χ0) is 20.6. The van der Waals surface area contributed by atoms with Gasteiger partial charge in [0, 0.05) is 24.3 Å². The number of hydrogen-bond acceptors (Lipinski definition) is 5. The summed E-state index contributed by atoms with van der Waals surface area (Å²) >= 11 is 5.93. The Balaban J connectivity index is 1.52. The molecule has 9 heteroatoms. The number of carbonyl (C=O) groups is 1. The highest BCUT2D eigenvalue weighted by atomic mass is 35.5. The van der Waals surface area contributed by atoms with Crippen molar-refractivity contribution in [1.29, 1.82) is 5.26 Å². The summed E-state index contributed by atoms with van der Waals surface area (Å²) in [6.07, 6.45) is 1.42. The fourth-order valence-electron chi connectivity index (χ4n) is 3.63. The molecule has 148 valence electrons. The molecule has 1 fully saturated rings. The smallest absolute Gasteiger partial charge is 0.285 e. The zero-order valence-corrected chi connectivity index (χ0v) is 16.9. The first-order valence-corrected chi connectivity index (χ1v) is 10.9. The second-order valence-corrected chi connectivity index (χ2v) is 8.95. The van der Waals surface area contributed by atoms with E-state index >= 15 is 0 Å². The molecule has 1 unspecified atom stereocenters. The van der Waals surface area contributed by atoms with E-state index in [4.69, 9.17) is 16.9 Å². The summed E-state index contributed by atoms with van der Waals surface area (Å²) in [5.41, 5.74) is 1.36. The summed E-state index contributed by atoms with van der Waals surface area (Å²) in [4.78, 5) is 14.8. The lowest BCUT2D eigenvalue weighted by Crippen LogP contribution is -2.43. The molecule has 1 amide bonds. The number of nitrogens with one attached hydrogen (secondary N) is 1. The largest absolute Gasteiger partial charge is 0.355 e. The van der Waals surface area contributed by atoms with Crippen molar-refractivity contribution in [2.24, 2.45) is 10.3 Å². The summed E-state index contributed by atoms with van der Waals surface area (Å²) in [5.74, 6) is -0.116. The van der Waals surface area contributed by atoms with Gasteiger partial charge in [-0.2, -0.15) is 13.7 Å². The van der Waals surface area contributed by atoms with Crippen molar-refractivity contribution in [3.63, 3.8) is 0 Å². The van der Waals surface area contributed by atoms with Crippen molar-refractivity contribution in [3.8, 4) is 6.07 Å². The van der Waals surface area contributed by atoms with Gasteiger partial charge < -0.3 is 10.2 Å². The minimum absolute atomic E-state index is 0.185. The number of nitriles is 1. The highest BCUT2D eigenvalue weighted by molar-refractivity contribution is 7.90. The molecule has 2 aliphatic heterocycles. The number of amides is 1. The standard InChI is InChI=1S/C20H17ClN4O3S/c21-17-8-7-15(10-14(17)11-22)23-20(26)13-4-3-9-25(12-13)19-16-5-1-2-6-18(16)29(27,28)24-19/h1-2,5-8,10,13H,3-4,9,12H2,(H,23,26). The molecule has 1 atom stereocenters. The molecular formula is C20H17ClN4O3S. The van der Waals surface area contributed by atoms with Gasteiger partial charge in [-0.25, -0.2) is 0 Å². The predicted molar refractivity (Wildman–Crippen MR) is 109 cm³/mol. The number of halogens is 1. The van der Waals surface area contributed by atoms with E-state index in [0.29, 0.717) is 41.6 Å². The number of nitrogens with zero attached hydrogens (tertiary/aromatic N) is 3. The van der Waals surface area contributed by atoms with Gasteiger partial charge >= 0.3 is 0 Å². The Morgan fingerprint density at radius 1 is 1.28 bits per heavy atom. The number of carbonyl (C=O) groups excluding carboxylic acids is 1. The zero-order valence-electron chi connectivity index (χ0n) is 15.3. The van der Waals surface area contributed by atoms with E-state index < -0.39 is 10.0 Å². The Morgan fingerprint density at radius 3 is 2.86 bits per heavy atom. The molecular weight excluding hydrogens is 412 g/mol. The van der Waals surface area contributed by atoms with Gasteiger partial charge in [0.2, 0.25) is 5.91 Å². The van der Waals surface area contributed by atoms with Gasteiger partial charge in [0.05, 0.1) is 16.5 Å². The Labute approximate surface area is 173 Å². The number of benzene rings is 2. The Morgan fingerprint density at radius 2 is 2.07 bits per heavy atom. The van der Waals surface area contributed by atoms with Crippen LogP contribution in [0, 0.1) is 17.2 Å². The second-order valence-electron chi connectivity index (χ2n) is 6.97. The van der Waals surface area contributed by atoms with Crippen molar-refractivity contribution in [1.82, 2.24) is 4.90 Å². The lowest BCUT2D eigenvalue weighted by Gasteiger charge is -2.33. The van der Waals surface area contributed by atoms with Crippen LogP contribution in [-0.4, -0.2) is 38.2 Å².